The van der Waals surface area contributed by atoms with E-state index >= 15 is 0 Å². The summed E-state index contributed by atoms with van der Waals surface area (Å²) in [5, 5.41) is 14.0. The maximum atomic E-state index is 13.4. The van der Waals surface area contributed by atoms with Gasteiger partial charge in [0.05, 0.1) is 15.9 Å². The first-order valence-electron chi connectivity index (χ1n) is 10.2. The van der Waals surface area contributed by atoms with Gasteiger partial charge < -0.3 is 15.4 Å². The second kappa shape index (κ2) is 9.36. The first kappa shape index (κ1) is 21.1. The Balaban J connectivity index is 1.59. The number of aromatic nitrogens is 2. The normalized spacial score (nSPS) is 14.7. The number of carboxylic acid groups (broad SMARTS) is 1. The lowest BCUT2D eigenvalue weighted by Crippen LogP contribution is -2.55. The van der Waals surface area contributed by atoms with Crippen LogP contribution in [0.1, 0.15) is 11.4 Å². The number of piperazine rings is 1. The van der Waals surface area contributed by atoms with Crippen LogP contribution in [0.5, 0.6) is 0 Å². The third-order valence-corrected chi connectivity index (χ3v) is 5.71. The summed E-state index contributed by atoms with van der Waals surface area (Å²) in [6, 6.07) is 15.5. The second-order valence-corrected chi connectivity index (χ2v) is 7.88. The molecule has 8 nitrogen and oxygen atoms in total. The summed E-state index contributed by atoms with van der Waals surface area (Å²) in [5.41, 5.74) is 1.55. The van der Waals surface area contributed by atoms with Crippen LogP contribution in [0.2, 0.25) is 5.02 Å². The Labute approximate surface area is 184 Å². The van der Waals surface area contributed by atoms with Crippen molar-refractivity contribution in [1.29, 1.82) is 0 Å². The first-order valence-corrected chi connectivity index (χ1v) is 10.6. The van der Waals surface area contributed by atoms with Crippen LogP contribution < -0.4 is 15.9 Å². The van der Waals surface area contributed by atoms with Crippen molar-refractivity contribution in [3.05, 3.63) is 75.3 Å². The fraction of sp³-hybridized carbons (Fsp3) is 0.318. The molecule has 1 aromatic heterocycles. The molecular formula is C22H24ClN5O3. The van der Waals surface area contributed by atoms with E-state index in [4.69, 9.17) is 16.7 Å². The molecule has 3 aromatic rings. The van der Waals surface area contributed by atoms with Crippen LogP contribution in [-0.2, 0) is 13.0 Å². The van der Waals surface area contributed by atoms with Crippen LogP contribution in [0.15, 0.2) is 53.3 Å². The van der Waals surface area contributed by atoms with Crippen LogP contribution >= 0.6 is 11.6 Å². The lowest BCUT2D eigenvalue weighted by atomic mass is 10.2. The maximum absolute atomic E-state index is 13.4. The quantitative estimate of drug-likeness (QED) is 0.610. The van der Waals surface area contributed by atoms with Crippen molar-refractivity contribution >= 4 is 28.6 Å². The van der Waals surface area contributed by atoms with E-state index in [1.165, 1.54) is 5.56 Å². The zero-order valence-electron chi connectivity index (χ0n) is 17.0. The highest BCUT2D eigenvalue weighted by Crippen LogP contribution is 2.19. The molecule has 0 aliphatic carbocycles. The molecule has 1 aliphatic heterocycles. The lowest BCUT2D eigenvalue weighted by molar-refractivity contribution is 0.194. The molecule has 9 heteroatoms. The van der Waals surface area contributed by atoms with Crippen molar-refractivity contribution in [2.24, 2.45) is 0 Å². The number of rotatable bonds is 6. The van der Waals surface area contributed by atoms with Crippen molar-refractivity contribution in [1.82, 2.24) is 19.9 Å². The molecule has 0 unspecified atom stereocenters. The van der Waals surface area contributed by atoms with Gasteiger partial charge in [-0.1, -0.05) is 48.0 Å². The molecular weight excluding hydrogens is 418 g/mol. The van der Waals surface area contributed by atoms with E-state index in [1.807, 2.05) is 23.2 Å². The molecule has 2 N–H and O–H groups in total. The summed E-state index contributed by atoms with van der Waals surface area (Å²) in [6.07, 6.45) is -0.805. The molecule has 2 aromatic carbocycles. The smallest absolute Gasteiger partial charge is 0.404 e. The van der Waals surface area contributed by atoms with Gasteiger partial charge in [0.15, 0.2) is 0 Å². The van der Waals surface area contributed by atoms with E-state index in [-0.39, 0.29) is 12.1 Å². The average Bonchev–Trinajstić information content (AvgIpc) is 2.75. The molecule has 0 radical (unpaired) electrons. The van der Waals surface area contributed by atoms with Crippen molar-refractivity contribution in [2.45, 2.75) is 13.0 Å². The third-order valence-electron chi connectivity index (χ3n) is 5.40. The predicted molar refractivity (Wildman–Crippen MR) is 120 cm³/mol. The summed E-state index contributed by atoms with van der Waals surface area (Å²) in [6.45, 7) is 3.94. The van der Waals surface area contributed by atoms with Crippen molar-refractivity contribution in [3.63, 3.8) is 0 Å². The Bertz CT molecular complexity index is 1130. The zero-order valence-corrected chi connectivity index (χ0v) is 17.8. The van der Waals surface area contributed by atoms with E-state index in [0.717, 1.165) is 19.6 Å². The average molecular weight is 442 g/mol. The topological polar surface area (TPSA) is 90.7 Å². The summed E-state index contributed by atoms with van der Waals surface area (Å²) >= 11 is 6.31. The Morgan fingerprint density at radius 2 is 1.81 bits per heavy atom. The standard InChI is InChI=1S/C22H24ClN5O3/c23-17-7-4-8-18-20(17)21(29)28(19(25-18)9-10-24-22(30)31)27-13-11-26(12-14-27)15-16-5-2-1-3-6-16/h1-8,24H,9-15H2,(H,30,31). The molecule has 0 bridgehead atoms. The van der Waals surface area contributed by atoms with Crippen LogP contribution in [0, 0.1) is 0 Å². The van der Waals surface area contributed by atoms with E-state index in [9.17, 15) is 9.59 Å². The van der Waals surface area contributed by atoms with Gasteiger partial charge in [-0.25, -0.2) is 14.5 Å². The minimum atomic E-state index is -1.10. The van der Waals surface area contributed by atoms with Gasteiger partial charge in [-0.15, -0.1) is 0 Å². The molecule has 1 amide bonds. The Morgan fingerprint density at radius 1 is 1.06 bits per heavy atom. The number of halogens is 1. The van der Waals surface area contributed by atoms with Gasteiger partial charge in [0.25, 0.3) is 5.56 Å². The molecule has 1 saturated heterocycles. The van der Waals surface area contributed by atoms with Crippen molar-refractivity contribution in [3.8, 4) is 0 Å². The van der Waals surface area contributed by atoms with Crippen LogP contribution in [0.25, 0.3) is 10.9 Å². The van der Waals surface area contributed by atoms with Crippen molar-refractivity contribution in [2.75, 3.05) is 37.7 Å². The first-order chi connectivity index (χ1) is 15.0. The highest BCUT2D eigenvalue weighted by atomic mass is 35.5. The predicted octanol–water partition coefficient (Wildman–Crippen LogP) is 2.31. The molecule has 31 heavy (non-hydrogen) atoms. The van der Waals surface area contributed by atoms with Gasteiger partial charge in [0.2, 0.25) is 0 Å². The molecule has 162 valence electrons. The molecule has 1 fully saturated rings. The van der Waals surface area contributed by atoms with Gasteiger partial charge in [0.1, 0.15) is 5.82 Å². The fourth-order valence-corrected chi connectivity index (χ4v) is 4.15. The summed E-state index contributed by atoms with van der Waals surface area (Å²) < 4.78 is 1.58. The number of benzene rings is 2. The highest BCUT2D eigenvalue weighted by molar-refractivity contribution is 6.35. The zero-order chi connectivity index (χ0) is 21.8. The van der Waals surface area contributed by atoms with Gasteiger partial charge in [-0.2, -0.15) is 0 Å². The summed E-state index contributed by atoms with van der Waals surface area (Å²) in [5.74, 6) is 0.519. The van der Waals surface area contributed by atoms with E-state index in [0.29, 0.717) is 41.3 Å². The molecule has 2 heterocycles. The number of amides is 1. The summed E-state index contributed by atoms with van der Waals surface area (Å²) in [4.78, 5) is 31.2. The molecule has 0 saturated carbocycles. The molecule has 0 atom stereocenters. The van der Waals surface area contributed by atoms with Crippen LogP contribution in [-0.4, -0.2) is 58.5 Å². The number of hydrogen-bond donors (Lipinski definition) is 2. The fourth-order valence-electron chi connectivity index (χ4n) is 3.90. The number of fused-ring (bicyclic) bond motifs is 1. The Morgan fingerprint density at radius 3 is 2.52 bits per heavy atom. The third kappa shape index (κ3) is 4.81. The van der Waals surface area contributed by atoms with Crippen LogP contribution in [0.4, 0.5) is 4.79 Å². The SMILES string of the molecule is O=C(O)NCCc1nc2cccc(Cl)c2c(=O)n1N1CCN(Cc2ccccc2)CC1. The number of nitrogens with one attached hydrogen (secondary N) is 1. The monoisotopic (exact) mass is 441 g/mol. The minimum Gasteiger partial charge on any atom is -0.465 e. The number of hydrogen-bond acceptors (Lipinski definition) is 5. The van der Waals surface area contributed by atoms with Gasteiger partial charge in [0, 0.05) is 45.7 Å². The van der Waals surface area contributed by atoms with E-state index in [1.54, 1.807) is 22.9 Å². The summed E-state index contributed by atoms with van der Waals surface area (Å²) in [7, 11) is 0. The molecule has 1 aliphatic rings. The second-order valence-electron chi connectivity index (χ2n) is 7.48. The Hall–Kier alpha value is -3.10. The molecule has 4 rings (SSSR count). The molecule has 0 spiro atoms. The highest BCUT2D eigenvalue weighted by Gasteiger charge is 2.22. The number of carbonyl (C=O) groups is 1. The largest absolute Gasteiger partial charge is 0.465 e. The van der Waals surface area contributed by atoms with E-state index in [2.05, 4.69) is 27.3 Å². The van der Waals surface area contributed by atoms with Gasteiger partial charge >= 0.3 is 6.09 Å². The van der Waals surface area contributed by atoms with Gasteiger partial charge in [-0.3, -0.25) is 9.69 Å². The van der Waals surface area contributed by atoms with Crippen molar-refractivity contribution < 1.29 is 9.90 Å². The van der Waals surface area contributed by atoms with Gasteiger partial charge in [-0.05, 0) is 17.7 Å². The lowest BCUT2D eigenvalue weighted by Gasteiger charge is -2.37. The van der Waals surface area contributed by atoms with E-state index < -0.39 is 6.09 Å². The Kier molecular flexibility index (Phi) is 6.39. The maximum Gasteiger partial charge on any atom is 0.404 e. The van der Waals surface area contributed by atoms with Crippen LogP contribution in [0.3, 0.4) is 0 Å². The number of nitrogens with zero attached hydrogens (tertiary/aromatic N) is 4. The minimum absolute atomic E-state index is 0.168.